The molecule has 1 aliphatic heterocycles. The normalized spacial score (nSPS) is 14.8. The number of carbonyl (C=O) groups excluding carboxylic acids is 1. The van der Waals surface area contributed by atoms with Crippen LogP contribution in [0, 0.1) is 5.92 Å². The van der Waals surface area contributed by atoms with E-state index in [4.69, 9.17) is 0 Å². The number of aromatic nitrogens is 1. The van der Waals surface area contributed by atoms with Crippen LogP contribution >= 0.6 is 23.1 Å². The molecule has 2 aromatic carbocycles. The molecule has 0 unspecified atom stereocenters. The number of hydrogen-bond donors (Lipinski definition) is 0. The summed E-state index contributed by atoms with van der Waals surface area (Å²) in [5.41, 5.74) is 5.17. The Morgan fingerprint density at radius 3 is 2.59 bits per heavy atom. The molecule has 0 radical (unpaired) electrons. The highest BCUT2D eigenvalue weighted by Crippen LogP contribution is 2.29. The highest BCUT2D eigenvalue weighted by molar-refractivity contribution is 7.98. The molecule has 5 heteroatoms. The largest absolute Gasteiger partial charge is 0.339 e. The molecule has 1 aliphatic rings. The summed E-state index contributed by atoms with van der Waals surface area (Å²) in [6.45, 7) is 1.73. The Kier molecular flexibility index (Phi) is 7.01. The van der Waals surface area contributed by atoms with Gasteiger partial charge in [-0.1, -0.05) is 42.5 Å². The van der Waals surface area contributed by atoms with Gasteiger partial charge in [0.05, 0.1) is 16.8 Å². The highest BCUT2D eigenvalue weighted by Gasteiger charge is 2.25. The fraction of sp³-hybridized carbons (Fsp3) is 0.333. The van der Waals surface area contributed by atoms with E-state index in [0.717, 1.165) is 54.3 Å². The number of hydrogen-bond acceptors (Lipinski definition) is 4. The number of nitrogens with zero attached hydrogens (tertiary/aromatic N) is 2. The first-order chi connectivity index (χ1) is 14.3. The second kappa shape index (κ2) is 10.1. The molecule has 0 bridgehead atoms. The summed E-state index contributed by atoms with van der Waals surface area (Å²) in [4.78, 5) is 20.6. The lowest BCUT2D eigenvalue weighted by Crippen LogP contribution is -2.38. The molecule has 3 nitrogen and oxygen atoms in total. The number of carbonyl (C=O) groups is 1. The van der Waals surface area contributed by atoms with Crippen molar-refractivity contribution in [2.75, 3.05) is 13.1 Å². The van der Waals surface area contributed by atoms with Crippen molar-refractivity contribution in [2.24, 2.45) is 5.92 Å². The predicted octanol–water partition coefficient (Wildman–Crippen LogP) is 5.92. The fourth-order valence-electron chi connectivity index (χ4n) is 3.84. The molecule has 150 valence electrons. The zero-order valence-electron chi connectivity index (χ0n) is 16.5. The van der Waals surface area contributed by atoms with E-state index in [0.29, 0.717) is 5.92 Å². The van der Waals surface area contributed by atoms with Crippen molar-refractivity contribution in [3.63, 3.8) is 0 Å². The van der Waals surface area contributed by atoms with Crippen LogP contribution in [0.25, 0.3) is 0 Å². The maximum absolute atomic E-state index is 13.2. The van der Waals surface area contributed by atoms with Gasteiger partial charge in [0.2, 0.25) is 0 Å². The number of piperidine rings is 1. The summed E-state index contributed by atoms with van der Waals surface area (Å²) < 4.78 is 0. The van der Waals surface area contributed by atoms with Gasteiger partial charge >= 0.3 is 0 Å². The van der Waals surface area contributed by atoms with Crippen LogP contribution in [-0.4, -0.2) is 28.9 Å². The number of rotatable bonds is 7. The first-order valence-electron chi connectivity index (χ1n) is 10.2. The lowest BCUT2D eigenvalue weighted by Gasteiger charge is -2.32. The van der Waals surface area contributed by atoms with Gasteiger partial charge in [-0.3, -0.25) is 4.79 Å². The number of amides is 1. The average molecular weight is 423 g/mol. The molecule has 0 atom stereocenters. The van der Waals surface area contributed by atoms with Gasteiger partial charge in [-0.15, -0.1) is 23.1 Å². The van der Waals surface area contributed by atoms with E-state index in [9.17, 15) is 4.79 Å². The molecule has 0 saturated carbocycles. The molecule has 29 heavy (non-hydrogen) atoms. The van der Waals surface area contributed by atoms with E-state index >= 15 is 0 Å². The molecule has 2 heterocycles. The minimum atomic E-state index is 0.174. The van der Waals surface area contributed by atoms with Crippen LogP contribution in [0.15, 0.2) is 70.4 Å². The Hall–Kier alpha value is -2.11. The maximum atomic E-state index is 13.2. The van der Waals surface area contributed by atoms with Crippen LogP contribution in [0.4, 0.5) is 0 Å². The van der Waals surface area contributed by atoms with Crippen LogP contribution in [0.2, 0.25) is 0 Å². The third-order valence-electron chi connectivity index (χ3n) is 5.56. The Labute approximate surface area is 181 Å². The molecular formula is C24H26N2OS2. The first kappa shape index (κ1) is 20.2. The van der Waals surface area contributed by atoms with E-state index in [2.05, 4.69) is 46.8 Å². The standard InChI is InChI=1S/C24H26N2OS2/c27-24(22-8-4-5-9-23(22)29-17-21-16-28-18-25-21)26-14-12-20(13-15-26)11-10-19-6-2-1-3-7-19/h1-9,16,18,20H,10-15,17H2. The predicted molar refractivity (Wildman–Crippen MR) is 122 cm³/mol. The molecule has 1 fully saturated rings. The number of thioether (sulfide) groups is 1. The minimum absolute atomic E-state index is 0.174. The smallest absolute Gasteiger partial charge is 0.254 e. The monoisotopic (exact) mass is 422 g/mol. The summed E-state index contributed by atoms with van der Waals surface area (Å²) in [5.74, 6) is 1.69. The topological polar surface area (TPSA) is 33.2 Å². The highest BCUT2D eigenvalue weighted by atomic mass is 32.2. The lowest BCUT2D eigenvalue weighted by molar-refractivity contribution is 0.0683. The quantitative estimate of drug-likeness (QED) is 0.443. The van der Waals surface area contributed by atoms with Crippen molar-refractivity contribution in [2.45, 2.75) is 36.3 Å². The van der Waals surface area contributed by atoms with Crippen LogP contribution in [0.5, 0.6) is 0 Å². The Morgan fingerprint density at radius 1 is 1.07 bits per heavy atom. The summed E-state index contributed by atoms with van der Waals surface area (Å²) >= 11 is 3.31. The third kappa shape index (κ3) is 5.49. The number of likely N-dealkylation sites (tertiary alicyclic amines) is 1. The van der Waals surface area contributed by atoms with Gasteiger partial charge in [0, 0.05) is 29.1 Å². The fourth-order valence-corrected chi connectivity index (χ4v) is 5.45. The van der Waals surface area contributed by atoms with Gasteiger partial charge in [-0.2, -0.15) is 0 Å². The molecule has 1 aromatic heterocycles. The van der Waals surface area contributed by atoms with Gasteiger partial charge < -0.3 is 4.90 Å². The molecule has 1 amide bonds. The summed E-state index contributed by atoms with van der Waals surface area (Å²) in [6, 6.07) is 18.7. The molecule has 3 aromatic rings. The van der Waals surface area contributed by atoms with Crippen LogP contribution in [-0.2, 0) is 12.2 Å². The SMILES string of the molecule is O=C(c1ccccc1SCc1cscn1)N1CCC(CCc2ccccc2)CC1. The van der Waals surface area contributed by atoms with Gasteiger partial charge in [-0.05, 0) is 49.3 Å². The Morgan fingerprint density at radius 2 is 1.83 bits per heavy atom. The molecule has 0 N–H and O–H groups in total. The summed E-state index contributed by atoms with van der Waals surface area (Å²) in [7, 11) is 0. The molecule has 4 rings (SSSR count). The van der Waals surface area contributed by atoms with Crippen LogP contribution in [0.3, 0.4) is 0 Å². The van der Waals surface area contributed by atoms with Crippen molar-refractivity contribution in [3.8, 4) is 0 Å². The number of benzene rings is 2. The van der Waals surface area contributed by atoms with Crippen molar-refractivity contribution < 1.29 is 4.79 Å². The molecule has 0 spiro atoms. The van der Waals surface area contributed by atoms with Crippen molar-refractivity contribution in [1.29, 1.82) is 0 Å². The number of thiazole rings is 1. The molecule has 1 saturated heterocycles. The van der Waals surface area contributed by atoms with E-state index in [-0.39, 0.29) is 5.91 Å². The Bertz CT molecular complexity index is 904. The Balaban J connectivity index is 1.31. The van der Waals surface area contributed by atoms with E-state index in [1.54, 1.807) is 23.1 Å². The molecule has 0 aliphatic carbocycles. The second-order valence-electron chi connectivity index (χ2n) is 7.52. The van der Waals surface area contributed by atoms with Crippen LogP contribution < -0.4 is 0 Å². The van der Waals surface area contributed by atoms with Gasteiger partial charge in [0.15, 0.2) is 0 Å². The van der Waals surface area contributed by atoms with Gasteiger partial charge in [-0.25, -0.2) is 4.98 Å². The summed E-state index contributed by atoms with van der Waals surface area (Å²) in [6.07, 6.45) is 4.56. The lowest BCUT2D eigenvalue weighted by atomic mass is 9.90. The van der Waals surface area contributed by atoms with Crippen molar-refractivity contribution in [3.05, 3.63) is 82.3 Å². The van der Waals surface area contributed by atoms with E-state index in [1.165, 1.54) is 12.0 Å². The van der Waals surface area contributed by atoms with Crippen molar-refractivity contribution in [1.82, 2.24) is 9.88 Å². The average Bonchev–Trinajstić information content (AvgIpc) is 3.31. The summed E-state index contributed by atoms with van der Waals surface area (Å²) in [5, 5.41) is 2.07. The number of aryl methyl sites for hydroxylation is 1. The zero-order valence-corrected chi connectivity index (χ0v) is 18.1. The second-order valence-corrected chi connectivity index (χ2v) is 9.26. The van der Waals surface area contributed by atoms with Crippen molar-refractivity contribution >= 4 is 29.0 Å². The van der Waals surface area contributed by atoms with Gasteiger partial charge in [0.1, 0.15) is 0 Å². The van der Waals surface area contributed by atoms with E-state index in [1.807, 2.05) is 28.6 Å². The first-order valence-corrected chi connectivity index (χ1v) is 12.1. The minimum Gasteiger partial charge on any atom is -0.339 e. The van der Waals surface area contributed by atoms with Crippen LogP contribution in [0.1, 0.15) is 40.9 Å². The van der Waals surface area contributed by atoms with E-state index < -0.39 is 0 Å². The zero-order chi connectivity index (χ0) is 19.9. The van der Waals surface area contributed by atoms with Gasteiger partial charge in [0.25, 0.3) is 5.91 Å². The third-order valence-corrected chi connectivity index (χ3v) is 7.30. The molecular weight excluding hydrogens is 396 g/mol. The maximum Gasteiger partial charge on any atom is 0.254 e.